The van der Waals surface area contributed by atoms with Crippen LogP contribution in [0.2, 0.25) is 0 Å². The van der Waals surface area contributed by atoms with Gasteiger partial charge in [0.05, 0.1) is 0 Å². The van der Waals surface area contributed by atoms with Gasteiger partial charge >= 0.3 is 0 Å². The van der Waals surface area contributed by atoms with Crippen LogP contribution in [-0.2, 0) is 6.42 Å². The minimum Gasteiger partial charge on any atom is -0.329 e. The summed E-state index contributed by atoms with van der Waals surface area (Å²) in [5.41, 5.74) is 8.57. The van der Waals surface area contributed by atoms with Crippen LogP contribution in [-0.4, -0.2) is 24.5 Å². The Labute approximate surface area is 99.5 Å². The first kappa shape index (κ1) is 13.2. The van der Waals surface area contributed by atoms with Crippen molar-refractivity contribution in [2.45, 2.75) is 39.3 Å². The zero-order valence-electron chi connectivity index (χ0n) is 10.9. The van der Waals surface area contributed by atoms with Gasteiger partial charge in [0.15, 0.2) is 0 Å². The smallest absolute Gasteiger partial charge is 0.0470 e. The van der Waals surface area contributed by atoms with Crippen LogP contribution >= 0.6 is 0 Å². The van der Waals surface area contributed by atoms with Crippen LogP contribution in [0, 0.1) is 0 Å². The van der Waals surface area contributed by atoms with Gasteiger partial charge in [0.2, 0.25) is 0 Å². The molecule has 0 radical (unpaired) electrons. The number of hydrogen-bond donors (Lipinski definition) is 1. The van der Waals surface area contributed by atoms with E-state index in [-0.39, 0.29) is 0 Å². The molecule has 0 aromatic heterocycles. The molecule has 16 heavy (non-hydrogen) atoms. The normalized spacial score (nSPS) is 13.4. The van der Waals surface area contributed by atoms with Gasteiger partial charge in [0.25, 0.3) is 0 Å². The molecule has 1 rings (SSSR count). The summed E-state index contributed by atoms with van der Waals surface area (Å²) >= 11 is 0. The number of benzene rings is 1. The van der Waals surface area contributed by atoms with Crippen LogP contribution in [0.5, 0.6) is 0 Å². The first-order valence-electron chi connectivity index (χ1n) is 6.11. The molecule has 0 fully saturated rings. The summed E-state index contributed by atoms with van der Waals surface area (Å²) in [6, 6.07) is 9.65. The van der Waals surface area contributed by atoms with E-state index in [1.807, 2.05) is 0 Å². The van der Waals surface area contributed by atoms with Gasteiger partial charge in [-0.25, -0.2) is 0 Å². The van der Waals surface area contributed by atoms with E-state index in [9.17, 15) is 0 Å². The molecule has 90 valence electrons. The highest BCUT2D eigenvalue weighted by atomic mass is 15.2. The second kappa shape index (κ2) is 6.02. The molecule has 1 aromatic rings. The molecule has 1 aromatic carbocycles. The minimum atomic E-state index is 0.325. The van der Waals surface area contributed by atoms with Crippen LogP contribution in [0.25, 0.3) is 0 Å². The second-order valence-electron chi connectivity index (χ2n) is 4.61. The molecule has 0 aliphatic rings. The number of nitrogens with two attached hydrogens (primary N) is 1. The molecule has 2 nitrogen and oxygen atoms in total. The Kier molecular flexibility index (Phi) is 4.97. The maximum atomic E-state index is 5.87. The quantitative estimate of drug-likeness (QED) is 0.826. The van der Waals surface area contributed by atoms with E-state index in [1.165, 1.54) is 11.1 Å². The standard InChI is InChI=1S/C14H24N2/c1-5-12-6-8-13(9-7-12)14(10-15)16(4)11(2)3/h6-9,11,14H,5,10,15H2,1-4H3. The van der Waals surface area contributed by atoms with Crippen molar-refractivity contribution in [2.24, 2.45) is 5.73 Å². The largest absolute Gasteiger partial charge is 0.329 e. The Hall–Kier alpha value is -0.860. The molecule has 0 heterocycles. The summed E-state index contributed by atoms with van der Waals surface area (Å²) in [4.78, 5) is 2.32. The highest BCUT2D eigenvalue weighted by Gasteiger charge is 2.17. The highest BCUT2D eigenvalue weighted by molar-refractivity contribution is 5.25. The van der Waals surface area contributed by atoms with E-state index in [0.29, 0.717) is 18.6 Å². The Balaban J connectivity index is 2.86. The van der Waals surface area contributed by atoms with Gasteiger partial charge < -0.3 is 5.73 Å². The highest BCUT2D eigenvalue weighted by Crippen LogP contribution is 2.20. The van der Waals surface area contributed by atoms with Crippen molar-refractivity contribution in [2.75, 3.05) is 13.6 Å². The monoisotopic (exact) mass is 220 g/mol. The lowest BCUT2D eigenvalue weighted by atomic mass is 10.0. The predicted octanol–water partition coefficient (Wildman–Crippen LogP) is 2.59. The summed E-state index contributed by atoms with van der Waals surface area (Å²) in [5.74, 6) is 0. The molecular weight excluding hydrogens is 196 g/mol. The maximum absolute atomic E-state index is 5.87. The molecular formula is C14H24N2. The van der Waals surface area contributed by atoms with Gasteiger partial charge in [-0.2, -0.15) is 0 Å². The Morgan fingerprint density at radius 3 is 2.12 bits per heavy atom. The third kappa shape index (κ3) is 3.06. The fraction of sp³-hybridized carbons (Fsp3) is 0.571. The fourth-order valence-electron chi connectivity index (χ4n) is 1.87. The van der Waals surface area contributed by atoms with E-state index in [0.717, 1.165) is 6.42 Å². The van der Waals surface area contributed by atoms with E-state index >= 15 is 0 Å². The zero-order chi connectivity index (χ0) is 12.1. The molecule has 0 amide bonds. The lowest BCUT2D eigenvalue weighted by molar-refractivity contribution is 0.201. The Morgan fingerprint density at radius 2 is 1.75 bits per heavy atom. The van der Waals surface area contributed by atoms with Gasteiger partial charge in [-0.15, -0.1) is 0 Å². The summed E-state index contributed by atoms with van der Waals surface area (Å²) < 4.78 is 0. The summed E-state index contributed by atoms with van der Waals surface area (Å²) in [5, 5.41) is 0. The van der Waals surface area contributed by atoms with Crippen molar-refractivity contribution in [3.8, 4) is 0 Å². The van der Waals surface area contributed by atoms with Crippen LogP contribution in [0.1, 0.15) is 37.9 Å². The zero-order valence-corrected chi connectivity index (χ0v) is 10.9. The lowest BCUT2D eigenvalue weighted by Crippen LogP contribution is -2.35. The third-order valence-corrected chi connectivity index (χ3v) is 3.30. The predicted molar refractivity (Wildman–Crippen MR) is 70.5 cm³/mol. The van der Waals surface area contributed by atoms with Gasteiger partial charge in [-0.05, 0) is 38.4 Å². The third-order valence-electron chi connectivity index (χ3n) is 3.30. The van der Waals surface area contributed by atoms with Crippen molar-refractivity contribution in [1.82, 2.24) is 4.90 Å². The molecule has 0 aliphatic carbocycles. The molecule has 0 saturated carbocycles. The SMILES string of the molecule is CCc1ccc(C(CN)N(C)C(C)C)cc1. The first-order valence-corrected chi connectivity index (χ1v) is 6.11. The second-order valence-corrected chi connectivity index (χ2v) is 4.61. The summed E-state index contributed by atoms with van der Waals surface area (Å²) in [6.45, 7) is 7.24. The average Bonchev–Trinajstić information content (AvgIpc) is 2.30. The summed E-state index contributed by atoms with van der Waals surface area (Å²) in [6.07, 6.45) is 1.09. The molecule has 2 N–H and O–H groups in total. The fourth-order valence-corrected chi connectivity index (χ4v) is 1.87. The number of rotatable bonds is 5. The topological polar surface area (TPSA) is 29.3 Å². The van der Waals surface area contributed by atoms with E-state index in [2.05, 4.69) is 57.0 Å². The van der Waals surface area contributed by atoms with Gasteiger partial charge in [-0.3, -0.25) is 4.90 Å². The Bertz CT molecular complexity index is 303. The minimum absolute atomic E-state index is 0.325. The number of aryl methyl sites for hydroxylation is 1. The van der Waals surface area contributed by atoms with Gasteiger partial charge in [0, 0.05) is 18.6 Å². The van der Waals surface area contributed by atoms with E-state index < -0.39 is 0 Å². The molecule has 1 unspecified atom stereocenters. The molecule has 0 aliphatic heterocycles. The van der Waals surface area contributed by atoms with Crippen molar-refractivity contribution in [3.05, 3.63) is 35.4 Å². The average molecular weight is 220 g/mol. The van der Waals surface area contributed by atoms with Crippen LogP contribution < -0.4 is 5.73 Å². The molecule has 0 spiro atoms. The van der Waals surface area contributed by atoms with Crippen LogP contribution in [0.4, 0.5) is 0 Å². The molecule has 0 saturated heterocycles. The number of hydrogen-bond acceptors (Lipinski definition) is 2. The maximum Gasteiger partial charge on any atom is 0.0470 e. The van der Waals surface area contributed by atoms with Crippen LogP contribution in [0.15, 0.2) is 24.3 Å². The van der Waals surface area contributed by atoms with Crippen molar-refractivity contribution in [1.29, 1.82) is 0 Å². The summed E-state index contributed by atoms with van der Waals surface area (Å²) in [7, 11) is 2.13. The van der Waals surface area contributed by atoms with E-state index in [1.54, 1.807) is 0 Å². The Morgan fingerprint density at radius 1 is 1.19 bits per heavy atom. The lowest BCUT2D eigenvalue weighted by Gasteiger charge is -2.30. The first-order chi connectivity index (χ1) is 7.60. The van der Waals surface area contributed by atoms with Crippen LogP contribution in [0.3, 0.4) is 0 Å². The van der Waals surface area contributed by atoms with E-state index in [4.69, 9.17) is 5.73 Å². The van der Waals surface area contributed by atoms with Crippen molar-refractivity contribution < 1.29 is 0 Å². The number of nitrogens with zero attached hydrogens (tertiary/aromatic N) is 1. The molecule has 0 bridgehead atoms. The molecule has 2 heteroatoms. The van der Waals surface area contributed by atoms with Crippen molar-refractivity contribution >= 4 is 0 Å². The number of likely N-dealkylation sites (N-methyl/N-ethyl adjacent to an activating group) is 1. The van der Waals surface area contributed by atoms with Gasteiger partial charge in [-0.1, -0.05) is 31.2 Å². The van der Waals surface area contributed by atoms with Crippen molar-refractivity contribution in [3.63, 3.8) is 0 Å². The molecule has 1 atom stereocenters. The van der Waals surface area contributed by atoms with Gasteiger partial charge in [0.1, 0.15) is 0 Å².